The maximum absolute atomic E-state index is 12.8. The smallest absolute Gasteiger partial charge is 0.224 e. The van der Waals surface area contributed by atoms with Crippen LogP contribution >= 0.6 is 0 Å². The first-order chi connectivity index (χ1) is 14.2. The third-order valence-corrected chi connectivity index (χ3v) is 7.85. The highest BCUT2D eigenvalue weighted by Crippen LogP contribution is 2.27. The second-order valence-corrected chi connectivity index (χ2v) is 10.4. The van der Waals surface area contributed by atoms with Gasteiger partial charge in [0.15, 0.2) is 9.84 Å². The van der Waals surface area contributed by atoms with Crippen molar-refractivity contribution in [1.29, 1.82) is 0 Å². The molecule has 8 heteroatoms. The Hall–Kier alpha value is -2.61. The lowest BCUT2D eigenvalue weighted by atomic mass is 10.1. The van der Waals surface area contributed by atoms with Crippen molar-refractivity contribution < 1.29 is 13.2 Å². The molecule has 1 aliphatic heterocycles. The number of rotatable bonds is 6. The van der Waals surface area contributed by atoms with Gasteiger partial charge in [-0.1, -0.05) is 18.2 Å². The molecule has 0 aliphatic carbocycles. The van der Waals surface area contributed by atoms with Crippen LogP contribution in [0.3, 0.4) is 0 Å². The fourth-order valence-electron chi connectivity index (χ4n) is 4.32. The standard InChI is InChI=1S/C22H28N4O3S/c1-16-20(17(2)26(23-16)19-10-13-30(28,29)15-19)14-24(3)22(27)9-12-25-11-8-18-6-4-5-7-21(18)25/h4-8,11,19H,9-10,12-15H2,1-3H3/t19-/m1/s1. The molecule has 1 saturated heterocycles. The van der Waals surface area contributed by atoms with E-state index in [2.05, 4.69) is 27.9 Å². The highest BCUT2D eigenvalue weighted by molar-refractivity contribution is 7.91. The van der Waals surface area contributed by atoms with Gasteiger partial charge in [-0.3, -0.25) is 9.48 Å². The summed E-state index contributed by atoms with van der Waals surface area (Å²) < 4.78 is 27.6. The van der Waals surface area contributed by atoms with E-state index in [1.807, 2.05) is 43.9 Å². The highest BCUT2D eigenvalue weighted by atomic mass is 32.2. The second-order valence-electron chi connectivity index (χ2n) is 8.22. The van der Waals surface area contributed by atoms with E-state index in [4.69, 9.17) is 0 Å². The van der Waals surface area contributed by atoms with Gasteiger partial charge in [-0.2, -0.15) is 5.10 Å². The maximum Gasteiger partial charge on any atom is 0.224 e. The van der Waals surface area contributed by atoms with E-state index in [0.717, 1.165) is 22.5 Å². The third-order valence-electron chi connectivity index (χ3n) is 6.10. The maximum atomic E-state index is 12.8. The molecule has 7 nitrogen and oxygen atoms in total. The monoisotopic (exact) mass is 428 g/mol. The summed E-state index contributed by atoms with van der Waals surface area (Å²) in [7, 11) is -1.16. The van der Waals surface area contributed by atoms with Gasteiger partial charge in [0.25, 0.3) is 0 Å². The molecule has 0 spiro atoms. The van der Waals surface area contributed by atoms with Crippen LogP contribution in [0.15, 0.2) is 36.5 Å². The van der Waals surface area contributed by atoms with Crippen molar-refractivity contribution in [3.63, 3.8) is 0 Å². The Labute approximate surface area is 177 Å². The number of carbonyl (C=O) groups is 1. The molecule has 0 saturated carbocycles. The topological polar surface area (TPSA) is 77.2 Å². The molecule has 3 heterocycles. The number of carbonyl (C=O) groups excluding carboxylic acids is 1. The van der Waals surface area contributed by atoms with Crippen LogP contribution in [-0.4, -0.2) is 52.1 Å². The van der Waals surface area contributed by atoms with Crippen LogP contribution in [0.1, 0.15) is 35.8 Å². The number of aryl methyl sites for hydroxylation is 2. The number of amides is 1. The molecule has 0 radical (unpaired) electrons. The van der Waals surface area contributed by atoms with Crippen LogP contribution < -0.4 is 0 Å². The summed E-state index contributed by atoms with van der Waals surface area (Å²) >= 11 is 0. The minimum absolute atomic E-state index is 0.0720. The van der Waals surface area contributed by atoms with Gasteiger partial charge in [0, 0.05) is 49.5 Å². The molecule has 4 rings (SSSR count). The lowest BCUT2D eigenvalue weighted by Crippen LogP contribution is -2.27. The second kappa shape index (κ2) is 7.91. The Morgan fingerprint density at radius 3 is 2.73 bits per heavy atom. The molecular weight excluding hydrogens is 400 g/mol. The Balaban J connectivity index is 1.42. The zero-order valence-corrected chi connectivity index (χ0v) is 18.5. The SMILES string of the molecule is Cc1nn([C@@H]2CCS(=O)(=O)C2)c(C)c1CN(C)C(=O)CCn1ccc2ccccc21. The van der Waals surface area contributed by atoms with Crippen molar-refractivity contribution in [2.24, 2.45) is 0 Å². The van der Waals surface area contributed by atoms with Gasteiger partial charge in [0.1, 0.15) is 0 Å². The van der Waals surface area contributed by atoms with Crippen molar-refractivity contribution >= 4 is 26.6 Å². The van der Waals surface area contributed by atoms with Crippen LogP contribution in [0.4, 0.5) is 0 Å². The van der Waals surface area contributed by atoms with Gasteiger partial charge < -0.3 is 9.47 Å². The van der Waals surface area contributed by atoms with Crippen molar-refractivity contribution in [3.05, 3.63) is 53.5 Å². The summed E-state index contributed by atoms with van der Waals surface area (Å²) in [5.74, 6) is 0.439. The average Bonchev–Trinajstić information content (AvgIpc) is 3.37. The summed E-state index contributed by atoms with van der Waals surface area (Å²) in [5, 5.41) is 5.77. The number of benzene rings is 1. The first kappa shape index (κ1) is 20.7. The summed E-state index contributed by atoms with van der Waals surface area (Å²) in [6.45, 7) is 4.99. The molecule has 1 atom stereocenters. The molecule has 2 aromatic heterocycles. The molecule has 0 N–H and O–H groups in total. The van der Waals surface area contributed by atoms with Crippen molar-refractivity contribution in [1.82, 2.24) is 19.2 Å². The molecule has 1 amide bonds. The Morgan fingerprint density at radius 2 is 2.00 bits per heavy atom. The van der Waals surface area contributed by atoms with Crippen molar-refractivity contribution in [2.45, 2.75) is 45.8 Å². The van der Waals surface area contributed by atoms with Gasteiger partial charge >= 0.3 is 0 Å². The number of para-hydroxylation sites is 1. The Bertz CT molecular complexity index is 1190. The zero-order chi connectivity index (χ0) is 21.5. The number of nitrogens with zero attached hydrogens (tertiary/aromatic N) is 4. The van der Waals surface area contributed by atoms with Crippen LogP contribution in [0.5, 0.6) is 0 Å². The first-order valence-corrected chi connectivity index (χ1v) is 12.1. The first-order valence-electron chi connectivity index (χ1n) is 10.3. The van der Waals surface area contributed by atoms with E-state index in [-0.39, 0.29) is 23.5 Å². The highest BCUT2D eigenvalue weighted by Gasteiger charge is 2.31. The lowest BCUT2D eigenvalue weighted by molar-refractivity contribution is -0.130. The van der Waals surface area contributed by atoms with E-state index in [9.17, 15) is 13.2 Å². The van der Waals surface area contributed by atoms with Crippen molar-refractivity contribution in [2.75, 3.05) is 18.6 Å². The fraction of sp³-hybridized carbons (Fsp3) is 0.455. The molecule has 3 aromatic rings. The van der Waals surface area contributed by atoms with Crippen LogP contribution in [0.25, 0.3) is 10.9 Å². The van der Waals surface area contributed by atoms with Gasteiger partial charge in [0.05, 0.1) is 23.2 Å². The molecule has 1 aromatic carbocycles. The van der Waals surface area contributed by atoms with Gasteiger partial charge in [-0.25, -0.2) is 8.42 Å². The zero-order valence-electron chi connectivity index (χ0n) is 17.7. The molecule has 0 unspecified atom stereocenters. The number of hydrogen-bond donors (Lipinski definition) is 0. The van der Waals surface area contributed by atoms with Crippen molar-refractivity contribution in [3.8, 4) is 0 Å². The number of hydrogen-bond acceptors (Lipinski definition) is 4. The minimum atomic E-state index is -2.97. The molecule has 1 aliphatic rings. The summed E-state index contributed by atoms with van der Waals surface area (Å²) in [6.07, 6.45) is 3.04. The van der Waals surface area contributed by atoms with E-state index in [0.29, 0.717) is 25.9 Å². The van der Waals surface area contributed by atoms with Gasteiger partial charge in [-0.05, 0) is 37.8 Å². The van der Waals surface area contributed by atoms with Crippen LogP contribution in [0.2, 0.25) is 0 Å². The fourth-order valence-corrected chi connectivity index (χ4v) is 6.01. The third kappa shape index (κ3) is 4.01. The van der Waals surface area contributed by atoms with Gasteiger partial charge in [-0.15, -0.1) is 0 Å². The van der Waals surface area contributed by atoms with E-state index < -0.39 is 9.84 Å². The Morgan fingerprint density at radius 1 is 1.23 bits per heavy atom. The van der Waals surface area contributed by atoms with Crippen LogP contribution in [-0.2, 0) is 27.7 Å². The average molecular weight is 429 g/mol. The molecule has 1 fully saturated rings. The quantitative estimate of drug-likeness (QED) is 0.605. The van der Waals surface area contributed by atoms with E-state index >= 15 is 0 Å². The summed E-state index contributed by atoms with van der Waals surface area (Å²) in [4.78, 5) is 14.5. The lowest BCUT2D eigenvalue weighted by Gasteiger charge is -2.18. The van der Waals surface area contributed by atoms with E-state index in [1.165, 1.54) is 5.39 Å². The number of aromatic nitrogens is 3. The minimum Gasteiger partial charge on any atom is -0.347 e. The summed E-state index contributed by atoms with van der Waals surface area (Å²) in [6, 6.07) is 10.1. The summed E-state index contributed by atoms with van der Waals surface area (Å²) in [5.41, 5.74) is 3.94. The molecule has 30 heavy (non-hydrogen) atoms. The number of sulfone groups is 1. The predicted octanol–water partition coefficient (Wildman–Crippen LogP) is 2.86. The molecular formula is C22H28N4O3S. The molecule has 0 bridgehead atoms. The van der Waals surface area contributed by atoms with Gasteiger partial charge in [0.2, 0.25) is 5.91 Å². The number of fused-ring (bicyclic) bond motifs is 1. The Kier molecular flexibility index (Phi) is 5.44. The normalized spacial score (nSPS) is 18.2. The predicted molar refractivity (Wildman–Crippen MR) is 117 cm³/mol. The van der Waals surface area contributed by atoms with E-state index in [1.54, 1.807) is 4.90 Å². The largest absolute Gasteiger partial charge is 0.347 e. The van der Waals surface area contributed by atoms with Crippen LogP contribution in [0, 0.1) is 13.8 Å². The molecule has 160 valence electrons.